The van der Waals surface area contributed by atoms with E-state index in [9.17, 15) is 4.79 Å². The van der Waals surface area contributed by atoms with Gasteiger partial charge in [-0.3, -0.25) is 9.78 Å². The minimum Gasteiger partial charge on any atom is -0.344 e. The number of carbonyl (C=O) groups excluding carboxylic acids is 1. The lowest BCUT2D eigenvalue weighted by Gasteiger charge is -2.12. The van der Waals surface area contributed by atoms with Crippen molar-refractivity contribution in [3.63, 3.8) is 0 Å². The molecule has 0 aliphatic carbocycles. The molecule has 0 aliphatic heterocycles. The van der Waals surface area contributed by atoms with Gasteiger partial charge in [-0.15, -0.1) is 0 Å². The van der Waals surface area contributed by atoms with Crippen LogP contribution >= 0.6 is 0 Å². The van der Waals surface area contributed by atoms with Crippen molar-refractivity contribution in [2.45, 2.75) is 19.5 Å². The van der Waals surface area contributed by atoms with Gasteiger partial charge < -0.3 is 15.6 Å². The van der Waals surface area contributed by atoms with Crippen molar-refractivity contribution in [2.24, 2.45) is 5.73 Å². The lowest BCUT2D eigenvalue weighted by atomic mass is 10.1. The highest BCUT2D eigenvalue weighted by Gasteiger charge is 2.13. The fourth-order valence-electron chi connectivity index (χ4n) is 1.73. The molecule has 2 aromatic heterocycles. The number of hydrogen-bond donors (Lipinski definition) is 2. The molecule has 0 bridgehead atoms. The largest absolute Gasteiger partial charge is 0.344 e. The highest BCUT2D eigenvalue weighted by Crippen LogP contribution is 2.10. The number of carbonyl (C=O) groups is 1. The lowest BCUT2D eigenvalue weighted by Crippen LogP contribution is -2.27. The maximum absolute atomic E-state index is 12.0. The monoisotopic (exact) mass is 259 g/mol. The van der Waals surface area contributed by atoms with Crippen LogP contribution in [0.3, 0.4) is 0 Å². The van der Waals surface area contributed by atoms with E-state index in [0.29, 0.717) is 18.8 Å². The fraction of sp³-hybridized carbons (Fsp3) is 0.308. The molecule has 3 N–H and O–H groups in total. The number of nitrogens with two attached hydrogens (primary N) is 1. The standard InChI is InChI=1S/C13H17N5O/c1-10(11-3-2-5-15-7-11)17-13(19)12-8-18(6-4-14)9-16-12/h2-3,5,7-10H,4,6,14H2,1H3,(H,17,19). The second-order valence-corrected chi connectivity index (χ2v) is 4.27. The third kappa shape index (κ3) is 3.38. The molecule has 0 radical (unpaired) electrons. The molecule has 6 heteroatoms. The van der Waals surface area contributed by atoms with Gasteiger partial charge in [0.15, 0.2) is 0 Å². The molecule has 2 heterocycles. The molecule has 19 heavy (non-hydrogen) atoms. The first kappa shape index (κ1) is 13.2. The fourth-order valence-corrected chi connectivity index (χ4v) is 1.73. The van der Waals surface area contributed by atoms with Crippen LogP contribution in [-0.2, 0) is 6.54 Å². The van der Waals surface area contributed by atoms with Crippen LogP contribution in [0.15, 0.2) is 37.1 Å². The number of hydrogen-bond acceptors (Lipinski definition) is 4. The molecule has 2 rings (SSSR count). The maximum Gasteiger partial charge on any atom is 0.271 e. The Morgan fingerprint density at radius 2 is 2.42 bits per heavy atom. The molecule has 1 amide bonds. The van der Waals surface area contributed by atoms with E-state index in [1.165, 1.54) is 0 Å². The molecule has 1 unspecified atom stereocenters. The summed E-state index contributed by atoms with van der Waals surface area (Å²) in [7, 11) is 0. The number of rotatable bonds is 5. The number of aromatic nitrogens is 3. The summed E-state index contributed by atoms with van der Waals surface area (Å²) < 4.78 is 1.80. The summed E-state index contributed by atoms with van der Waals surface area (Å²) >= 11 is 0. The van der Waals surface area contributed by atoms with Crippen LogP contribution in [0.25, 0.3) is 0 Å². The molecule has 0 spiro atoms. The number of pyridine rings is 1. The van der Waals surface area contributed by atoms with Gasteiger partial charge in [0.1, 0.15) is 5.69 Å². The molecular weight excluding hydrogens is 242 g/mol. The van der Waals surface area contributed by atoms with Crippen LogP contribution < -0.4 is 11.1 Å². The zero-order valence-corrected chi connectivity index (χ0v) is 10.8. The van der Waals surface area contributed by atoms with E-state index in [2.05, 4.69) is 15.3 Å². The summed E-state index contributed by atoms with van der Waals surface area (Å²) in [4.78, 5) is 20.1. The van der Waals surface area contributed by atoms with Crippen molar-refractivity contribution in [3.8, 4) is 0 Å². The molecule has 100 valence electrons. The summed E-state index contributed by atoms with van der Waals surface area (Å²) in [5.41, 5.74) is 6.80. The van der Waals surface area contributed by atoms with E-state index in [-0.39, 0.29) is 11.9 Å². The van der Waals surface area contributed by atoms with Crippen LogP contribution in [0.2, 0.25) is 0 Å². The van der Waals surface area contributed by atoms with E-state index in [1.807, 2.05) is 19.1 Å². The van der Waals surface area contributed by atoms with Crippen molar-refractivity contribution in [1.82, 2.24) is 19.9 Å². The second kappa shape index (κ2) is 6.10. The topological polar surface area (TPSA) is 85.8 Å². The zero-order chi connectivity index (χ0) is 13.7. The van der Waals surface area contributed by atoms with E-state index >= 15 is 0 Å². The Kier molecular flexibility index (Phi) is 4.25. The predicted octanol–water partition coefficient (Wildman–Crippen LogP) is 0.728. The van der Waals surface area contributed by atoms with Gasteiger partial charge in [-0.2, -0.15) is 0 Å². The van der Waals surface area contributed by atoms with Gasteiger partial charge in [0, 0.05) is 31.7 Å². The third-order valence-electron chi connectivity index (χ3n) is 2.79. The Morgan fingerprint density at radius 1 is 1.58 bits per heavy atom. The number of nitrogens with one attached hydrogen (secondary N) is 1. The average Bonchev–Trinajstić information content (AvgIpc) is 2.89. The zero-order valence-electron chi connectivity index (χ0n) is 10.8. The van der Waals surface area contributed by atoms with Crippen LogP contribution in [0.5, 0.6) is 0 Å². The van der Waals surface area contributed by atoms with Gasteiger partial charge in [0.05, 0.1) is 12.4 Å². The normalized spacial score (nSPS) is 12.1. The SMILES string of the molecule is CC(NC(=O)c1cn(CCN)cn1)c1cccnc1. The summed E-state index contributed by atoms with van der Waals surface area (Å²) in [5.74, 6) is -0.202. The number of amides is 1. The molecule has 1 atom stereocenters. The molecule has 0 saturated carbocycles. The van der Waals surface area contributed by atoms with Gasteiger partial charge in [-0.05, 0) is 18.6 Å². The Morgan fingerprint density at radius 3 is 3.11 bits per heavy atom. The summed E-state index contributed by atoms with van der Waals surface area (Å²) in [6.45, 7) is 3.08. The minimum absolute atomic E-state index is 0.110. The highest BCUT2D eigenvalue weighted by atomic mass is 16.1. The first-order valence-corrected chi connectivity index (χ1v) is 6.13. The van der Waals surface area contributed by atoms with Gasteiger partial charge >= 0.3 is 0 Å². The molecule has 0 aliphatic rings. The Labute approximate surface area is 111 Å². The molecule has 0 saturated heterocycles. The van der Waals surface area contributed by atoms with E-state index < -0.39 is 0 Å². The Balaban J connectivity index is 2.00. The Hall–Kier alpha value is -2.21. The van der Waals surface area contributed by atoms with Gasteiger partial charge in [0.25, 0.3) is 5.91 Å². The lowest BCUT2D eigenvalue weighted by molar-refractivity contribution is 0.0935. The van der Waals surface area contributed by atoms with Gasteiger partial charge in [-0.25, -0.2) is 4.98 Å². The van der Waals surface area contributed by atoms with Crippen molar-refractivity contribution >= 4 is 5.91 Å². The molecule has 6 nitrogen and oxygen atoms in total. The van der Waals surface area contributed by atoms with E-state index in [1.54, 1.807) is 29.5 Å². The summed E-state index contributed by atoms with van der Waals surface area (Å²) in [6, 6.07) is 3.65. The first-order valence-electron chi connectivity index (χ1n) is 6.13. The van der Waals surface area contributed by atoms with Crippen LogP contribution in [-0.4, -0.2) is 27.0 Å². The second-order valence-electron chi connectivity index (χ2n) is 4.27. The maximum atomic E-state index is 12.0. The van der Waals surface area contributed by atoms with E-state index in [4.69, 9.17) is 5.73 Å². The van der Waals surface area contributed by atoms with Crippen LogP contribution in [0, 0.1) is 0 Å². The van der Waals surface area contributed by atoms with Crippen molar-refractivity contribution in [1.29, 1.82) is 0 Å². The van der Waals surface area contributed by atoms with Crippen LogP contribution in [0.1, 0.15) is 29.0 Å². The third-order valence-corrected chi connectivity index (χ3v) is 2.79. The van der Waals surface area contributed by atoms with Gasteiger partial charge in [-0.1, -0.05) is 6.07 Å². The van der Waals surface area contributed by atoms with Crippen LogP contribution in [0.4, 0.5) is 0 Å². The first-order chi connectivity index (χ1) is 9.20. The smallest absolute Gasteiger partial charge is 0.271 e. The molecule has 0 fully saturated rings. The minimum atomic E-state index is -0.202. The van der Waals surface area contributed by atoms with Gasteiger partial charge in [0.2, 0.25) is 0 Å². The Bertz CT molecular complexity index is 537. The van der Waals surface area contributed by atoms with Crippen molar-refractivity contribution < 1.29 is 4.79 Å². The van der Waals surface area contributed by atoms with Crippen molar-refractivity contribution in [3.05, 3.63) is 48.3 Å². The molecule has 0 aromatic carbocycles. The predicted molar refractivity (Wildman–Crippen MR) is 71.4 cm³/mol. The number of nitrogens with zero attached hydrogens (tertiary/aromatic N) is 3. The van der Waals surface area contributed by atoms with E-state index in [0.717, 1.165) is 5.56 Å². The average molecular weight is 259 g/mol. The molecular formula is C13H17N5O. The quantitative estimate of drug-likeness (QED) is 0.828. The summed E-state index contributed by atoms with van der Waals surface area (Å²) in [6.07, 6.45) is 6.74. The van der Waals surface area contributed by atoms with Crippen molar-refractivity contribution in [2.75, 3.05) is 6.54 Å². The molecule has 2 aromatic rings. The number of imidazole rings is 1. The highest BCUT2D eigenvalue weighted by molar-refractivity contribution is 5.92. The summed E-state index contributed by atoms with van der Waals surface area (Å²) in [5, 5.41) is 2.88.